The fraction of sp³-hybridized carbons (Fsp3) is 0.706. The molecule has 1 aromatic heterocycles. The molecular formula is C17H25ClN4O2. The lowest BCUT2D eigenvalue weighted by molar-refractivity contribution is 0.0500. The summed E-state index contributed by atoms with van der Waals surface area (Å²) in [7, 11) is 0. The van der Waals surface area contributed by atoms with Gasteiger partial charge in [-0.15, -0.1) is 0 Å². The van der Waals surface area contributed by atoms with Gasteiger partial charge < -0.3 is 15.0 Å². The van der Waals surface area contributed by atoms with E-state index in [2.05, 4.69) is 20.2 Å². The fourth-order valence-electron chi connectivity index (χ4n) is 3.41. The van der Waals surface area contributed by atoms with E-state index < -0.39 is 5.60 Å². The van der Waals surface area contributed by atoms with E-state index in [9.17, 15) is 4.79 Å². The summed E-state index contributed by atoms with van der Waals surface area (Å²) in [6.07, 6.45) is 4.65. The smallest absolute Gasteiger partial charge is 0.407 e. The average Bonchev–Trinajstić information content (AvgIpc) is 2.92. The van der Waals surface area contributed by atoms with Crippen molar-refractivity contribution in [2.75, 3.05) is 18.0 Å². The Kier molecular flexibility index (Phi) is 4.85. The molecule has 0 spiro atoms. The summed E-state index contributed by atoms with van der Waals surface area (Å²) in [6, 6.07) is 0.0550. The van der Waals surface area contributed by atoms with Crippen LogP contribution in [0.15, 0.2) is 0 Å². The lowest BCUT2D eigenvalue weighted by Gasteiger charge is -2.35. The summed E-state index contributed by atoms with van der Waals surface area (Å²) in [5.74, 6) is 0.943. The van der Waals surface area contributed by atoms with Crippen LogP contribution in [-0.2, 0) is 17.6 Å². The topological polar surface area (TPSA) is 67.3 Å². The van der Waals surface area contributed by atoms with Crippen LogP contribution in [0, 0.1) is 0 Å². The SMILES string of the molecule is CC(C)(C)OC(=O)NC1CCCN(c2nc(Cl)nc3c2CCC3)C1. The molecule has 1 atom stereocenters. The van der Waals surface area contributed by atoms with Crippen molar-refractivity contribution in [1.29, 1.82) is 0 Å². The molecular weight excluding hydrogens is 328 g/mol. The minimum atomic E-state index is -0.487. The van der Waals surface area contributed by atoms with Gasteiger partial charge in [-0.3, -0.25) is 0 Å². The van der Waals surface area contributed by atoms with E-state index in [1.54, 1.807) is 0 Å². The molecule has 1 aromatic rings. The van der Waals surface area contributed by atoms with Crippen LogP contribution >= 0.6 is 11.6 Å². The predicted octanol–water partition coefficient (Wildman–Crippen LogP) is 3.11. The molecule has 2 aliphatic rings. The third-order valence-electron chi connectivity index (χ3n) is 4.33. The third kappa shape index (κ3) is 4.09. The minimum Gasteiger partial charge on any atom is -0.444 e. The van der Waals surface area contributed by atoms with Crippen molar-refractivity contribution in [3.8, 4) is 0 Å². The number of amides is 1. The van der Waals surface area contributed by atoms with Gasteiger partial charge in [-0.2, -0.15) is 0 Å². The fourth-order valence-corrected chi connectivity index (χ4v) is 3.59. The van der Waals surface area contributed by atoms with Crippen molar-refractivity contribution < 1.29 is 9.53 Å². The van der Waals surface area contributed by atoms with Crippen LogP contribution in [0.1, 0.15) is 51.3 Å². The van der Waals surface area contributed by atoms with Crippen molar-refractivity contribution in [2.24, 2.45) is 0 Å². The second kappa shape index (κ2) is 6.75. The first-order valence-electron chi connectivity index (χ1n) is 8.61. The zero-order valence-corrected chi connectivity index (χ0v) is 15.3. The van der Waals surface area contributed by atoms with Crippen molar-refractivity contribution in [3.63, 3.8) is 0 Å². The number of aromatic nitrogens is 2. The Hall–Kier alpha value is -1.56. The van der Waals surface area contributed by atoms with Crippen LogP contribution in [-0.4, -0.2) is 40.8 Å². The molecule has 1 aliphatic carbocycles. The minimum absolute atomic E-state index is 0.0550. The van der Waals surface area contributed by atoms with E-state index in [-0.39, 0.29) is 12.1 Å². The molecule has 0 saturated carbocycles. The van der Waals surface area contributed by atoms with E-state index in [0.717, 1.165) is 56.7 Å². The number of aryl methyl sites for hydroxylation is 1. The van der Waals surface area contributed by atoms with Crippen LogP contribution in [0.4, 0.5) is 10.6 Å². The molecule has 0 radical (unpaired) electrons. The molecule has 1 N–H and O–H groups in total. The molecule has 0 bridgehead atoms. The van der Waals surface area contributed by atoms with Gasteiger partial charge in [0.2, 0.25) is 5.28 Å². The maximum atomic E-state index is 12.0. The summed E-state index contributed by atoms with van der Waals surface area (Å²) in [5, 5.41) is 3.29. The van der Waals surface area contributed by atoms with Gasteiger partial charge in [0.15, 0.2) is 0 Å². The summed E-state index contributed by atoms with van der Waals surface area (Å²) >= 11 is 6.10. The van der Waals surface area contributed by atoms with Crippen LogP contribution in [0.25, 0.3) is 0 Å². The average molecular weight is 353 g/mol. The van der Waals surface area contributed by atoms with Gasteiger partial charge in [0.25, 0.3) is 0 Å². The van der Waals surface area contributed by atoms with Crippen molar-refractivity contribution in [3.05, 3.63) is 16.5 Å². The monoisotopic (exact) mass is 352 g/mol. The second-order valence-corrected chi connectivity index (χ2v) is 7.86. The van der Waals surface area contributed by atoms with E-state index in [1.165, 1.54) is 5.56 Å². The van der Waals surface area contributed by atoms with Gasteiger partial charge in [0, 0.05) is 24.7 Å². The number of fused-ring (bicyclic) bond motifs is 1. The van der Waals surface area contributed by atoms with Crippen LogP contribution in [0.3, 0.4) is 0 Å². The normalized spacial score (nSPS) is 20.7. The van der Waals surface area contributed by atoms with Gasteiger partial charge in [-0.05, 0) is 64.5 Å². The Balaban J connectivity index is 1.69. The quantitative estimate of drug-likeness (QED) is 0.828. The first kappa shape index (κ1) is 17.3. The largest absolute Gasteiger partial charge is 0.444 e. The van der Waals surface area contributed by atoms with Crippen LogP contribution in [0.5, 0.6) is 0 Å². The number of carbonyl (C=O) groups excluding carboxylic acids is 1. The molecule has 2 heterocycles. The van der Waals surface area contributed by atoms with Crippen molar-refractivity contribution in [2.45, 2.75) is 64.5 Å². The molecule has 7 heteroatoms. The molecule has 1 amide bonds. The molecule has 6 nitrogen and oxygen atoms in total. The zero-order valence-electron chi connectivity index (χ0n) is 14.6. The van der Waals surface area contributed by atoms with E-state index in [4.69, 9.17) is 16.3 Å². The molecule has 24 heavy (non-hydrogen) atoms. The Labute approximate surface area is 147 Å². The maximum absolute atomic E-state index is 12.0. The molecule has 132 valence electrons. The van der Waals surface area contributed by atoms with E-state index >= 15 is 0 Å². The van der Waals surface area contributed by atoms with Crippen LogP contribution in [0.2, 0.25) is 5.28 Å². The van der Waals surface area contributed by atoms with Crippen molar-refractivity contribution >= 4 is 23.5 Å². The van der Waals surface area contributed by atoms with Crippen molar-refractivity contribution in [1.82, 2.24) is 15.3 Å². The third-order valence-corrected chi connectivity index (χ3v) is 4.49. The number of carbonyl (C=O) groups is 1. The second-order valence-electron chi connectivity index (χ2n) is 7.53. The Morgan fingerprint density at radius 3 is 2.83 bits per heavy atom. The summed E-state index contributed by atoms with van der Waals surface area (Å²) in [6.45, 7) is 7.25. The number of halogens is 1. The first-order valence-corrected chi connectivity index (χ1v) is 8.99. The molecule has 1 fully saturated rings. The number of ether oxygens (including phenoxy) is 1. The number of piperidine rings is 1. The van der Waals surface area contributed by atoms with E-state index in [0.29, 0.717) is 5.28 Å². The van der Waals surface area contributed by atoms with Gasteiger partial charge in [-0.1, -0.05) is 0 Å². The highest BCUT2D eigenvalue weighted by Crippen LogP contribution is 2.31. The van der Waals surface area contributed by atoms with E-state index in [1.807, 2.05) is 20.8 Å². The number of hydrogen-bond acceptors (Lipinski definition) is 5. The number of alkyl carbamates (subject to hydrolysis) is 1. The Morgan fingerprint density at radius 1 is 1.29 bits per heavy atom. The highest BCUT2D eigenvalue weighted by molar-refractivity contribution is 6.28. The summed E-state index contributed by atoms with van der Waals surface area (Å²) in [5.41, 5.74) is 1.81. The molecule has 1 saturated heterocycles. The predicted molar refractivity (Wildman–Crippen MR) is 93.7 cm³/mol. The highest BCUT2D eigenvalue weighted by atomic mass is 35.5. The zero-order chi connectivity index (χ0) is 17.3. The Bertz CT molecular complexity index is 630. The number of rotatable bonds is 2. The highest BCUT2D eigenvalue weighted by Gasteiger charge is 2.28. The number of anilines is 1. The summed E-state index contributed by atoms with van der Waals surface area (Å²) < 4.78 is 5.36. The van der Waals surface area contributed by atoms with Gasteiger partial charge in [-0.25, -0.2) is 14.8 Å². The lowest BCUT2D eigenvalue weighted by Crippen LogP contribution is -2.49. The number of nitrogens with zero attached hydrogens (tertiary/aromatic N) is 3. The maximum Gasteiger partial charge on any atom is 0.407 e. The molecule has 1 aliphatic heterocycles. The molecule has 3 rings (SSSR count). The number of nitrogens with one attached hydrogen (secondary N) is 1. The van der Waals surface area contributed by atoms with Gasteiger partial charge in [0.05, 0.1) is 5.69 Å². The molecule has 1 unspecified atom stereocenters. The summed E-state index contributed by atoms with van der Waals surface area (Å²) in [4.78, 5) is 23.1. The number of hydrogen-bond donors (Lipinski definition) is 1. The molecule has 0 aromatic carbocycles. The van der Waals surface area contributed by atoms with Gasteiger partial charge >= 0.3 is 6.09 Å². The lowest BCUT2D eigenvalue weighted by atomic mass is 10.0. The Morgan fingerprint density at radius 2 is 2.08 bits per heavy atom. The van der Waals surface area contributed by atoms with Gasteiger partial charge in [0.1, 0.15) is 11.4 Å². The van der Waals surface area contributed by atoms with Crippen LogP contribution < -0.4 is 10.2 Å². The first-order chi connectivity index (χ1) is 11.3. The standard InChI is InChI=1S/C17H25ClN4O2/c1-17(2,3)24-16(23)19-11-6-5-9-22(10-11)14-12-7-4-8-13(12)20-15(18)21-14/h11H,4-10H2,1-3H3,(H,19,23).